The molecule has 18 heavy (non-hydrogen) atoms. The highest BCUT2D eigenvalue weighted by Crippen LogP contribution is 2.46. The summed E-state index contributed by atoms with van der Waals surface area (Å²) in [6.07, 6.45) is 6.86. The van der Waals surface area contributed by atoms with Gasteiger partial charge in [-0.25, -0.2) is 0 Å². The minimum atomic E-state index is -0.700. The van der Waals surface area contributed by atoms with Crippen molar-refractivity contribution in [2.24, 2.45) is 11.8 Å². The maximum atomic E-state index is 11.0. The Morgan fingerprint density at radius 2 is 2.06 bits per heavy atom. The minimum absolute atomic E-state index is 0.0690. The van der Waals surface area contributed by atoms with Gasteiger partial charge in [0.2, 0.25) is 0 Å². The second-order valence-corrected chi connectivity index (χ2v) is 6.51. The molecule has 2 atom stereocenters. The molecule has 2 rings (SSSR count). The van der Waals surface area contributed by atoms with Gasteiger partial charge in [-0.1, -0.05) is 26.7 Å². The van der Waals surface area contributed by atoms with Gasteiger partial charge in [0.1, 0.15) is 0 Å². The van der Waals surface area contributed by atoms with E-state index in [1.54, 1.807) is 7.11 Å². The van der Waals surface area contributed by atoms with Crippen LogP contribution in [0.15, 0.2) is 0 Å². The Bertz CT molecular complexity index is 271. The van der Waals surface area contributed by atoms with Crippen molar-refractivity contribution < 1.29 is 14.6 Å². The van der Waals surface area contributed by atoms with E-state index >= 15 is 0 Å². The average molecular weight is 256 g/mol. The number of hydrogen-bond donors (Lipinski definition) is 1. The van der Waals surface area contributed by atoms with Crippen molar-refractivity contribution in [3.63, 3.8) is 0 Å². The predicted molar refractivity (Wildman–Crippen MR) is 71.5 cm³/mol. The van der Waals surface area contributed by atoms with Gasteiger partial charge in [-0.2, -0.15) is 0 Å². The van der Waals surface area contributed by atoms with Gasteiger partial charge in [0.25, 0.3) is 0 Å². The Morgan fingerprint density at radius 1 is 1.39 bits per heavy atom. The van der Waals surface area contributed by atoms with Crippen LogP contribution in [0.2, 0.25) is 0 Å². The molecular formula is C15H28O3. The molecule has 1 spiro atoms. The molecule has 1 saturated carbocycles. The fourth-order valence-corrected chi connectivity index (χ4v) is 3.81. The van der Waals surface area contributed by atoms with Crippen molar-refractivity contribution in [2.75, 3.05) is 20.3 Å². The van der Waals surface area contributed by atoms with Crippen molar-refractivity contribution in [3.05, 3.63) is 0 Å². The van der Waals surface area contributed by atoms with Crippen LogP contribution in [0.25, 0.3) is 0 Å². The zero-order chi connectivity index (χ0) is 13.2. The summed E-state index contributed by atoms with van der Waals surface area (Å²) in [6, 6.07) is 0. The number of aliphatic hydroxyl groups is 1. The summed E-state index contributed by atoms with van der Waals surface area (Å²) >= 11 is 0. The lowest BCUT2D eigenvalue weighted by atomic mass is 9.70. The normalized spacial score (nSPS) is 30.8. The highest BCUT2D eigenvalue weighted by Gasteiger charge is 2.48. The van der Waals surface area contributed by atoms with Gasteiger partial charge in [0, 0.05) is 13.7 Å². The van der Waals surface area contributed by atoms with Crippen LogP contribution in [-0.2, 0) is 9.47 Å². The number of rotatable bonds is 4. The molecule has 1 aliphatic heterocycles. The Balaban J connectivity index is 2.10. The van der Waals surface area contributed by atoms with E-state index in [0.29, 0.717) is 12.5 Å². The highest BCUT2D eigenvalue weighted by molar-refractivity contribution is 4.98. The maximum absolute atomic E-state index is 11.0. The van der Waals surface area contributed by atoms with Crippen molar-refractivity contribution in [1.29, 1.82) is 0 Å². The molecule has 2 unspecified atom stereocenters. The molecule has 1 heterocycles. The number of methoxy groups -OCH3 is 1. The van der Waals surface area contributed by atoms with E-state index in [2.05, 4.69) is 13.8 Å². The summed E-state index contributed by atoms with van der Waals surface area (Å²) < 4.78 is 11.3. The van der Waals surface area contributed by atoms with Crippen LogP contribution < -0.4 is 0 Å². The fourth-order valence-electron chi connectivity index (χ4n) is 3.81. The Hall–Kier alpha value is -0.120. The molecule has 3 heteroatoms. The zero-order valence-corrected chi connectivity index (χ0v) is 12.1. The van der Waals surface area contributed by atoms with Gasteiger partial charge >= 0.3 is 0 Å². The van der Waals surface area contributed by atoms with Crippen LogP contribution in [0.5, 0.6) is 0 Å². The number of ether oxygens (including phenoxy) is 2. The second kappa shape index (κ2) is 5.48. The molecule has 2 fully saturated rings. The SMILES string of the molecule is COCC(O)(C(C)C)C1CCOC2(CCCC2)C1. The third-order valence-electron chi connectivity index (χ3n) is 5.09. The molecule has 106 valence electrons. The molecule has 0 radical (unpaired) electrons. The smallest absolute Gasteiger partial charge is 0.0932 e. The number of hydrogen-bond acceptors (Lipinski definition) is 3. The van der Waals surface area contributed by atoms with Crippen molar-refractivity contribution in [1.82, 2.24) is 0 Å². The van der Waals surface area contributed by atoms with Gasteiger partial charge in [-0.15, -0.1) is 0 Å². The van der Waals surface area contributed by atoms with Crippen molar-refractivity contribution in [2.45, 2.75) is 63.6 Å². The molecular weight excluding hydrogens is 228 g/mol. The first-order valence-corrected chi connectivity index (χ1v) is 7.38. The molecule has 0 amide bonds. The predicted octanol–water partition coefficient (Wildman–Crippen LogP) is 2.76. The summed E-state index contributed by atoms with van der Waals surface area (Å²) in [7, 11) is 1.68. The second-order valence-electron chi connectivity index (χ2n) is 6.51. The summed E-state index contributed by atoms with van der Waals surface area (Å²) in [5, 5.41) is 11.0. The van der Waals surface area contributed by atoms with E-state index in [1.165, 1.54) is 25.7 Å². The summed E-state index contributed by atoms with van der Waals surface area (Å²) in [5.41, 5.74) is -0.631. The van der Waals surface area contributed by atoms with E-state index in [4.69, 9.17) is 9.47 Å². The first-order chi connectivity index (χ1) is 8.52. The van der Waals surface area contributed by atoms with Crippen LogP contribution >= 0.6 is 0 Å². The highest BCUT2D eigenvalue weighted by atomic mass is 16.5. The Kier molecular flexibility index (Phi) is 4.35. The minimum Gasteiger partial charge on any atom is -0.387 e. The summed E-state index contributed by atoms with van der Waals surface area (Å²) in [6.45, 7) is 5.42. The zero-order valence-electron chi connectivity index (χ0n) is 12.1. The topological polar surface area (TPSA) is 38.7 Å². The fraction of sp³-hybridized carbons (Fsp3) is 1.00. The van der Waals surface area contributed by atoms with Crippen LogP contribution in [0, 0.1) is 11.8 Å². The van der Waals surface area contributed by atoms with Crippen LogP contribution in [0.3, 0.4) is 0 Å². The lowest BCUT2D eigenvalue weighted by molar-refractivity contribution is -0.170. The maximum Gasteiger partial charge on any atom is 0.0932 e. The van der Waals surface area contributed by atoms with E-state index < -0.39 is 5.60 Å². The van der Waals surface area contributed by atoms with E-state index in [-0.39, 0.29) is 11.5 Å². The molecule has 1 saturated heterocycles. The van der Waals surface area contributed by atoms with Crippen LogP contribution in [-0.4, -0.2) is 36.6 Å². The molecule has 1 N–H and O–H groups in total. The molecule has 0 aromatic carbocycles. The monoisotopic (exact) mass is 256 g/mol. The van der Waals surface area contributed by atoms with Gasteiger partial charge in [-0.05, 0) is 37.5 Å². The molecule has 0 aromatic heterocycles. The largest absolute Gasteiger partial charge is 0.387 e. The Labute approximate surface area is 111 Å². The van der Waals surface area contributed by atoms with Gasteiger partial charge < -0.3 is 14.6 Å². The van der Waals surface area contributed by atoms with Crippen molar-refractivity contribution in [3.8, 4) is 0 Å². The lowest BCUT2D eigenvalue weighted by Crippen LogP contribution is -2.52. The van der Waals surface area contributed by atoms with Gasteiger partial charge in [-0.3, -0.25) is 0 Å². The molecule has 0 bridgehead atoms. The van der Waals surface area contributed by atoms with E-state index in [9.17, 15) is 5.11 Å². The lowest BCUT2D eigenvalue weighted by Gasteiger charge is -2.46. The molecule has 2 aliphatic rings. The van der Waals surface area contributed by atoms with Gasteiger partial charge in [0.05, 0.1) is 17.8 Å². The molecule has 1 aliphatic carbocycles. The quantitative estimate of drug-likeness (QED) is 0.840. The molecule has 3 nitrogen and oxygen atoms in total. The van der Waals surface area contributed by atoms with Crippen LogP contribution in [0.1, 0.15) is 52.4 Å². The van der Waals surface area contributed by atoms with E-state index in [1.807, 2.05) is 0 Å². The van der Waals surface area contributed by atoms with E-state index in [0.717, 1.165) is 19.4 Å². The third-order valence-corrected chi connectivity index (χ3v) is 5.09. The van der Waals surface area contributed by atoms with Gasteiger partial charge in [0.15, 0.2) is 0 Å². The Morgan fingerprint density at radius 3 is 2.61 bits per heavy atom. The summed E-state index contributed by atoms with van der Waals surface area (Å²) in [5.74, 6) is 0.531. The van der Waals surface area contributed by atoms with Crippen LogP contribution in [0.4, 0.5) is 0 Å². The van der Waals surface area contributed by atoms with Crippen molar-refractivity contribution >= 4 is 0 Å². The third kappa shape index (κ3) is 2.59. The first-order valence-electron chi connectivity index (χ1n) is 7.38. The first kappa shape index (κ1) is 14.3. The molecule has 0 aromatic rings. The summed E-state index contributed by atoms with van der Waals surface area (Å²) in [4.78, 5) is 0. The standard InChI is InChI=1S/C15H28O3/c1-12(2)15(16,11-17-3)13-6-9-18-14(10-13)7-4-5-8-14/h12-13,16H,4-11H2,1-3H3. The average Bonchev–Trinajstić information content (AvgIpc) is 2.77.